The van der Waals surface area contributed by atoms with Gasteiger partial charge in [0.05, 0.1) is 12.2 Å². The standard InChI is InChI=1S/C14H13N3O2/c1-10-5-7-17(13(10)14(18)19)9-11-8-16-6-3-2-4-12(16)15-11/h2-8H,9H2,1H3,(H,18,19). The predicted octanol–water partition coefficient (Wildman–Crippen LogP) is 2.19. The maximum absolute atomic E-state index is 11.2. The summed E-state index contributed by atoms with van der Waals surface area (Å²) in [6, 6.07) is 7.58. The molecule has 0 saturated carbocycles. The highest BCUT2D eigenvalue weighted by molar-refractivity contribution is 5.87. The number of aromatic nitrogens is 3. The van der Waals surface area contributed by atoms with Crippen LogP contribution >= 0.6 is 0 Å². The minimum Gasteiger partial charge on any atom is -0.477 e. The third kappa shape index (κ3) is 1.99. The number of carboxylic acid groups (broad SMARTS) is 1. The number of hydrogen-bond acceptors (Lipinski definition) is 2. The van der Waals surface area contributed by atoms with Crippen molar-refractivity contribution in [2.24, 2.45) is 0 Å². The van der Waals surface area contributed by atoms with Crippen molar-refractivity contribution in [2.75, 3.05) is 0 Å². The van der Waals surface area contributed by atoms with Gasteiger partial charge in [0, 0.05) is 18.6 Å². The van der Waals surface area contributed by atoms with Crippen LogP contribution in [0, 0.1) is 6.92 Å². The summed E-state index contributed by atoms with van der Waals surface area (Å²) in [5, 5.41) is 9.21. The van der Waals surface area contributed by atoms with Gasteiger partial charge in [-0.2, -0.15) is 0 Å². The first-order valence-electron chi connectivity index (χ1n) is 5.97. The molecule has 96 valence electrons. The molecule has 0 aromatic carbocycles. The van der Waals surface area contributed by atoms with Gasteiger partial charge >= 0.3 is 5.97 Å². The molecule has 0 spiro atoms. The van der Waals surface area contributed by atoms with E-state index in [1.807, 2.05) is 35.0 Å². The summed E-state index contributed by atoms with van der Waals surface area (Å²) in [5.41, 5.74) is 2.77. The molecule has 3 aromatic heterocycles. The molecule has 3 aromatic rings. The SMILES string of the molecule is Cc1ccn(Cc2cn3ccccc3n2)c1C(=O)O. The highest BCUT2D eigenvalue weighted by atomic mass is 16.4. The molecule has 19 heavy (non-hydrogen) atoms. The summed E-state index contributed by atoms with van der Waals surface area (Å²) in [7, 11) is 0. The van der Waals surface area contributed by atoms with E-state index >= 15 is 0 Å². The van der Waals surface area contributed by atoms with Crippen molar-refractivity contribution in [3.05, 3.63) is 59.8 Å². The Balaban J connectivity index is 1.99. The summed E-state index contributed by atoms with van der Waals surface area (Å²) in [4.78, 5) is 15.7. The highest BCUT2D eigenvalue weighted by Crippen LogP contribution is 2.13. The van der Waals surface area contributed by atoms with Crippen molar-refractivity contribution in [1.82, 2.24) is 14.0 Å². The van der Waals surface area contributed by atoms with Crippen LogP contribution < -0.4 is 0 Å². The van der Waals surface area contributed by atoms with Gasteiger partial charge in [-0.25, -0.2) is 9.78 Å². The number of imidazole rings is 1. The van der Waals surface area contributed by atoms with Crippen LogP contribution in [0.15, 0.2) is 42.9 Å². The molecule has 0 radical (unpaired) electrons. The zero-order valence-corrected chi connectivity index (χ0v) is 10.4. The van der Waals surface area contributed by atoms with Crippen molar-refractivity contribution in [2.45, 2.75) is 13.5 Å². The molecule has 5 heteroatoms. The highest BCUT2D eigenvalue weighted by Gasteiger charge is 2.14. The lowest BCUT2D eigenvalue weighted by atomic mass is 10.3. The number of carboxylic acids is 1. The Labute approximate surface area is 109 Å². The number of aryl methyl sites for hydroxylation is 1. The van der Waals surface area contributed by atoms with Gasteiger partial charge in [0.2, 0.25) is 0 Å². The van der Waals surface area contributed by atoms with Gasteiger partial charge in [0.1, 0.15) is 11.3 Å². The normalized spacial score (nSPS) is 11.0. The van der Waals surface area contributed by atoms with Crippen LogP contribution in [0.25, 0.3) is 5.65 Å². The molecule has 0 aliphatic rings. The second-order valence-corrected chi connectivity index (χ2v) is 4.48. The van der Waals surface area contributed by atoms with Crippen LogP contribution in [0.4, 0.5) is 0 Å². The first-order valence-corrected chi connectivity index (χ1v) is 5.97. The Kier molecular flexibility index (Phi) is 2.59. The van der Waals surface area contributed by atoms with E-state index in [1.165, 1.54) is 0 Å². The maximum atomic E-state index is 11.2. The summed E-state index contributed by atoms with van der Waals surface area (Å²) in [5.74, 6) is -0.911. The molecule has 0 unspecified atom stereocenters. The van der Waals surface area contributed by atoms with E-state index in [1.54, 1.807) is 23.8 Å². The van der Waals surface area contributed by atoms with Crippen LogP contribution in [-0.2, 0) is 6.54 Å². The molecule has 0 amide bonds. The molecule has 0 fully saturated rings. The van der Waals surface area contributed by atoms with E-state index in [2.05, 4.69) is 4.98 Å². The Morgan fingerprint density at radius 1 is 1.32 bits per heavy atom. The fraction of sp³-hybridized carbons (Fsp3) is 0.143. The van der Waals surface area contributed by atoms with Gasteiger partial charge in [0.25, 0.3) is 0 Å². The van der Waals surface area contributed by atoms with Crippen LogP contribution in [0.2, 0.25) is 0 Å². The van der Waals surface area contributed by atoms with Crippen molar-refractivity contribution in [3.8, 4) is 0 Å². The second-order valence-electron chi connectivity index (χ2n) is 4.48. The molecular weight excluding hydrogens is 242 g/mol. The predicted molar refractivity (Wildman–Crippen MR) is 70.4 cm³/mol. The van der Waals surface area contributed by atoms with Gasteiger partial charge in [-0.05, 0) is 30.7 Å². The number of nitrogens with zero attached hydrogens (tertiary/aromatic N) is 3. The molecule has 5 nitrogen and oxygen atoms in total. The average molecular weight is 255 g/mol. The van der Waals surface area contributed by atoms with Crippen LogP contribution in [0.1, 0.15) is 21.7 Å². The zero-order valence-electron chi connectivity index (χ0n) is 10.4. The smallest absolute Gasteiger partial charge is 0.352 e. The van der Waals surface area contributed by atoms with E-state index in [9.17, 15) is 9.90 Å². The Morgan fingerprint density at radius 2 is 2.16 bits per heavy atom. The van der Waals surface area contributed by atoms with Crippen LogP contribution in [0.3, 0.4) is 0 Å². The summed E-state index contributed by atoms with van der Waals surface area (Å²) >= 11 is 0. The number of rotatable bonds is 3. The Bertz CT molecular complexity index is 722. The maximum Gasteiger partial charge on any atom is 0.352 e. The van der Waals surface area contributed by atoms with Gasteiger partial charge in [-0.3, -0.25) is 0 Å². The summed E-state index contributed by atoms with van der Waals surface area (Å²) in [6.07, 6.45) is 5.62. The van der Waals surface area contributed by atoms with Gasteiger partial charge in [0.15, 0.2) is 0 Å². The fourth-order valence-electron chi connectivity index (χ4n) is 2.24. The lowest BCUT2D eigenvalue weighted by Crippen LogP contribution is -2.10. The topological polar surface area (TPSA) is 59.5 Å². The minimum absolute atomic E-state index is 0.317. The Hall–Kier alpha value is -2.56. The van der Waals surface area contributed by atoms with E-state index in [0.29, 0.717) is 12.2 Å². The number of fused-ring (bicyclic) bond motifs is 1. The first-order chi connectivity index (χ1) is 9.15. The van der Waals surface area contributed by atoms with E-state index in [0.717, 1.165) is 16.9 Å². The third-order valence-corrected chi connectivity index (χ3v) is 3.11. The molecule has 0 aliphatic heterocycles. The lowest BCUT2D eigenvalue weighted by Gasteiger charge is -2.04. The van der Waals surface area contributed by atoms with Crippen LogP contribution in [0.5, 0.6) is 0 Å². The first kappa shape index (κ1) is 11.5. The van der Waals surface area contributed by atoms with Gasteiger partial charge in [-0.15, -0.1) is 0 Å². The molecule has 0 atom stereocenters. The van der Waals surface area contributed by atoms with Crippen molar-refractivity contribution in [3.63, 3.8) is 0 Å². The monoisotopic (exact) mass is 255 g/mol. The number of aromatic carboxylic acids is 1. The number of hydrogen-bond donors (Lipinski definition) is 1. The summed E-state index contributed by atoms with van der Waals surface area (Å²) in [6.45, 7) is 2.25. The van der Waals surface area contributed by atoms with Crippen LogP contribution in [-0.4, -0.2) is 25.0 Å². The molecule has 3 heterocycles. The molecule has 0 bridgehead atoms. The second kappa shape index (κ2) is 4.28. The van der Waals surface area contributed by atoms with E-state index < -0.39 is 5.97 Å². The fourth-order valence-corrected chi connectivity index (χ4v) is 2.24. The number of carbonyl (C=O) groups is 1. The number of pyridine rings is 1. The minimum atomic E-state index is -0.911. The zero-order chi connectivity index (χ0) is 13.4. The average Bonchev–Trinajstić information content (AvgIpc) is 2.92. The van der Waals surface area contributed by atoms with Crippen molar-refractivity contribution >= 4 is 11.6 Å². The lowest BCUT2D eigenvalue weighted by molar-refractivity contribution is 0.0685. The molecule has 1 N–H and O–H groups in total. The Morgan fingerprint density at radius 3 is 2.89 bits per heavy atom. The quantitative estimate of drug-likeness (QED) is 0.780. The van der Waals surface area contributed by atoms with E-state index in [4.69, 9.17) is 0 Å². The third-order valence-electron chi connectivity index (χ3n) is 3.11. The van der Waals surface area contributed by atoms with Crippen molar-refractivity contribution in [1.29, 1.82) is 0 Å². The summed E-state index contributed by atoms with van der Waals surface area (Å²) < 4.78 is 3.63. The van der Waals surface area contributed by atoms with Gasteiger partial charge < -0.3 is 14.1 Å². The van der Waals surface area contributed by atoms with Gasteiger partial charge in [-0.1, -0.05) is 6.07 Å². The van der Waals surface area contributed by atoms with E-state index in [-0.39, 0.29) is 0 Å². The molecule has 3 rings (SSSR count). The van der Waals surface area contributed by atoms with Crippen molar-refractivity contribution < 1.29 is 9.90 Å². The molecule has 0 aliphatic carbocycles. The molecular formula is C14H13N3O2. The largest absolute Gasteiger partial charge is 0.477 e. The molecule has 0 saturated heterocycles.